The van der Waals surface area contributed by atoms with E-state index in [-0.39, 0.29) is 6.04 Å². The smallest absolute Gasteiger partial charge is 0.119 e. The van der Waals surface area contributed by atoms with Crippen LogP contribution in [0, 0.1) is 0 Å². The first-order valence-corrected chi connectivity index (χ1v) is 7.89. The molecule has 1 heterocycles. The summed E-state index contributed by atoms with van der Waals surface area (Å²) in [5.74, 6) is 0.833. The lowest BCUT2D eigenvalue weighted by molar-refractivity contribution is -0.0145. The molecule has 1 saturated heterocycles. The molecule has 0 spiro atoms. The van der Waals surface area contributed by atoms with Crippen molar-refractivity contribution in [2.24, 2.45) is 0 Å². The van der Waals surface area contributed by atoms with Crippen molar-refractivity contribution in [3.63, 3.8) is 0 Å². The Morgan fingerprint density at radius 1 is 1.29 bits per heavy atom. The fourth-order valence-corrected chi connectivity index (χ4v) is 3.87. The first-order valence-electron chi connectivity index (χ1n) is 7.89. The van der Waals surface area contributed by atoms with Gasteiger partial charge in [-0.3, -0.25) is 4.90 Å². The minimum atomic E-state index is -0.408. The number of rotatable bonds is 2. The van der Waals surface area contributed by atoms with Crippen molar-refractivity contribution in [1.29, 1.82) is 0 Å². The number of methoxy groups -OCH3 is 1. The summed E-state index contributed by atoms with van der Waals surface area (Å²) in [4.78, 5) is 4.86. The maximum Gasteiger partial charge on any atom is 0.119 e. The highest BCUT2D eigenvalue weighted by Gasteiger charge is 2.36. The number of piperazine rings is 1. The van der Waals surface area contributed by atoms with Gasteiger partial charge in [-0.25, -0.2) is 0 Å². The van der Waals surface area contributed by atoms with Crippen LogP contribution in [0.1, 0.15) is 30.6 Å². The molecule has 4 heteroatoms. The van der Waals surface area contributed by atoms with Gasteiger partial charge in [-0.2, -0.15) is 0 Å². The second kappa shape index (κ2) is 5.95. The molecule has 0 radical (unpaired) electrons. The number of hydrogen-bond acceptors (Lipinski definition) is 4. The fourth-order valence-electron chi connectivity index (χ4n) is 3.87. The number of benzene rings is 1. The lowest BCUT2D eigenvalue weighted by Gasteiger charge is -2.46. The van der Waals surface area contributed by atoms with Crippen molar-refractivity contribution in [2.45, 2.75) is 38.0 Å². The van der Waals surface area contributed by atoms with Crippen molar-refractivity contribution < 1.29 is 9.84 Å². The molecule has 1 fully saturated rings. The molecule has 1 aromatic rings. The van der Waals surface area contributed by atoms with E-state index in [1.165, 1.54) is 5.56 Å². The summed E-state index contributed by atoms with van der Waals surface area (Å²) < 4.78 is 5.31. The average Bonchev–Trinajstić information content (AvgIpc) is 2.48. The maximum absolute atomic E-state index is 10.9. The highest BCUT2D eigenvalue weighted by atomic mass is 16.5. The summed E-state index contributed by atoms with van der Waals surface area (Å²) in [7, 11) is 3.85. The van der Waals surface area contributed by atoms with E-state index in [0.29, 0.717) is 6.04 Å². The highest BCUT2D eigenvalue weighted by Crippen LogP contribution is 2.36. The van der Waals surface area contributed by atoms with E-state index in [9.17, 15) is 5.11 Å². The largest absolute Gasteiger partial charge is 0.497 e. The Balaban J connectivity index is 1.82. The highest BCUT2D eigenvalue weighted by molar-refractivity contribution is 5.39. The Labute approximate surface area is 127 Å². The van der Waals surface area contributed by atoms with Crippen LogP contribution in [0.4, 0.5) is 0 Å². The van der Waals surface area contributed by atoms with Crippen LogP contribution in [-0.2, 0) is 6.42 Å². The minimum Gasteiger partial charge on any atom is -0.497 e. The van der Waals surface area contributed by atoms with Gasteiger partial charge < -0.3 is 14.7 Å². The molecule has 2 aliphatic rings. The van der Waals surface area contributed by atoms with Crippen molar-refractivity contribution in [1.82, 2.24) is 9.80 Å². The summed E-state index contributed by atoms with van der Waals surface area (Å²) in [5.41, 5.74) is 2.32. The quantitative estimate of drug-likeness (QED) is 0.899. The molecule has 0 bridgehead atoms. The SMILES string of the molecule is COc1ccc2c(c1)C(O)C(N1CCN(C)CC1C)CC2. The van der Waals surface area contributed by atoms with Crippen LogP contribution < -0.4 is 4.74 Å². The minimum absolute atomic E-state index is 0.230. The predicted octanol–water partition coefficient (Wildman–Crippen LogP) is 1.68. The van der Waals surface area contributed by atoms with Crippen LogP contribution in [0.3, 0.4) is 0 Å². The van der Waals surface area contributed by atoms with Gasteiger partial charge >= 0.3 is 0 Å². The third-order valence-electron chi connectivity index (χ3n) is 5.05. The first-order chi connectivity index (χ1) is 10.1. The van der Waals surface area contributed by atoms with E-state index in [4.69, 9.17) is 4.74 Å². The molecule has 0 saturated carbocycles. The van der Waals surface area contributed by atoms with Gasteiger partial charge in [0.1, 0.15) is 5.75 Å². The molecule has 3 rings (SSSR count). The van der Waals surface area contributed by atoms with Crippen molar-refractivity contribution in [3.05, 3.63) is 29.3 Å². The molecule has 3 unspecified atom stereocenters. The van der Waals surface area contributed by atoms with Crippen LogP contribution in [0.15, 0.2) is 18.2 Å². The van der Waals surface area contributed by atoms with Gasteiger partial charge in [0.25, 0.3) is 0 Å². The molecule has 116 valence electrons. The van der Waals surface area contributed by atoms with E-state index in [0.717, 1.165) is 43.8 Å². The molecule has 1 aromatic carbocycles. The van der Waals surface area contributed by atoms with E-state index in [1.807, 2.05) is 12.1 Å². The molecular formula is C17H26N2O2. The zero-order valence-electron chi connectivity index (χ0n) is 13.2. The van der Waals surface area contributed by atoms with E-state index in [2.05, 4.69) is 29.8 Å². The first kappa shape index (κ1) is 14.8. The number of aliphatic hydroxyl groups excluding tert-OH is 1. The zero-order chi connectivity index (χ0) is 15.0. The summed E-state index contributed by atoms with van der Waals surface area (Å²) in [6.45, 7) is 5.47. The monoisotopic (exact) mass is 290 g/mol. The molecular weight excluding hydrogens is 264 g/mol. The fraction of sp³-hybridized carbons (Fsp3) is 0.647. The Hall–Kier alpha value is -1.10. The van der Waals surface area contributed by atoms with Gasteiger partial charge in [0.05, 0.1) is 13.2 Å². The van der Waals surface area contributed by atoms with E-state index < -0.39 is 6.10 Å². The number of fused-ring (bicyclic) bond motifs is 1. The number of aryl methyl sites for hydroxylation is 1. The molecule has 0 aromatic heterocycles. The Bertz CT molecular complexity index is 506. The van der Waals surface area contributed by atoms with Crippen LogP contribution in [0.5, 0.6) is 5.75 Å². The molecule has 1 N–H and O–H groups in total. The summed E-state index contributed by atoms with van der Waals surface area (Å²) >= 11 is 0. The zero-order valence-corrected chi connectivity index (χ0v) is 13.2. The number of likely N-dealkylation sites (N-methyl/N-ethyl adjacent to an activating group) is 1. The van der Waals surface area contributed by atoms with Crippen LogP contribution in [0.25, 0.3) is 0 Å². The number of aliphatic hydroxyl groups is 1. The standard InChI is InChI=1S/C17H26N2O2/c1-12-11-18(2)8-9-19(12)16-7-5-13-4-6-14(21-3)10-15(13)17(16)20/h4,6,10,12,16-17,20H,5,7-9,11H2,1-3H3. The van der Waals surface area contributed by atoms with Gasteiger partial charge in [0, 0.05) is 31.7 Å². The van der Waals surface area contributed by atoms with E-state index >= 15 is 0 Å². The molecule has 1 aliphatic heterocycles. The van der Waals surface area contributed by atoms with Gasteiger partial charge in [0.2, 0.25) is 0 Å². The maximum atomic E-state index is 10.9. The third kappa shape index (κ3) is 2.80. The van der Waals surface area contributed by atoms with Gasteiger partial charge in [-0.1, -0.05) is 6.07 Å². The average molecular weight is 290 g/mol. The van der Waals surface area contributed by atoms with Crippen molar-refractivity contribution in [2.75, 3.05) is 33.8 Å². The molecule has 21 heavy (non-hydrogen) atoms. The topological polar surface area (TPSA) is 35.9 Å². The van der Waals surface area contributed by atoms with Crippen molar-refractivity contribution >= 4 is 0 Å². The molecule has 3 atom stereocenters. The van der Waals surface area contributed by atoms with Crippen molar-refractivity contribution in [3.8, 4) is 5.75 Å². The normalized spacial score (nSPS) is 31.0. The lowest BCUT2D eigenvalue weighted by Crippen LogP contribution is -2.56. The molecule has 1 aliphatic carbocycles. The van der Waals surface area contributed by atoms with Crippen LogP contribution in [-0.4, -0.2) is 60.8 Å². The molecule has 0 amide bonds. The summed E-state index contributed by atoms with van der Waals surface area (Å²) in [5, 5.41) is 10.9. The molecule has 4 nitrogen and oxygen atoms in total. The summed E-state index contributed by atoms with van der Waals surface area (Å²) in [6, 6.07) is 6.82. The van der Waals surface area contributed by atoms with Gasteiger partial charge in [0.15, 0.2) is 0 Å². The van der Waals surface area contributed by atoms with Crippen LogP contribution >= 0.6 is 0 Å². The second-order valence-corrected chi connectivity index (χ2v) is 6.46. The Kier molecular flexibility index (Phi) is 4.20. The third-order valence-corrected chi connectivity index (χ3v) is 5.05. The Morgan fingerprint density at radius 2 is 2.10 bits per heavy atom. The number of hydrogen-bond donors (Lipinski definition) is 1. The predicted molar refractivity (Wildman–Crippen MR) is 83.7 cm³/mol. The van der Waals surface area contributed by atoms with E-state index in [1.54, 1.807) is 7.11 Å². The number of nitrogens with zero attached hydrogens (tertiary/aromatic N) is 2. The van der Waals surface area contributed by atoms with Gasteiger partial charge in [-0.05, 0) is 50.1 Å². The van der Waals surface area contributed by atoms with Crippen LogP contribution in [0.2, 0.25) is 0 Å². The summed E-state index contributed by atoms with van der Waals surface area (Å²) in [6.07, 6.45) is 1.67. The Morgan fingerprint density at radius 3 is 2.81 bits per heavy atom. The van der Waals surface area contributed by atoms with Gasteiger partial charge in [-0.15, -0.1) is 0 Å². The second-order valence-electron chi connectivity index (χ2n) is 6.46. The lowest BCUT2D eigenvalue weighted by atomic mass is 9.84. The number of ether oxygens (including phenoxy) is 1.